The number of anilines is 2. The van der Waals surface area contributed by atoms with E-state index in [1.54, 1.807) is 42.5 Å². The molecule has 0 radical (unpaired) electrons. The molecule has 4 aromatic carbocycles. The first-order valence-corrected chi connectivity index (χ1v) is 16.1. The fourth-order valence-electron chi connectivity index (χ4n) is 4.40. The second-order valence-corrected chi connectivity index (χ2v) is 11.7. The molecule has 0 aliphatic carbocycles. The number of hydrogen-bond donors (Lipinski definition) is 3. The average molecular weight is 634 g/mol. The van der Waals surface area contributed by atoms with Crippen LogP contribution in [0.1, 0.15) is 33.7 Å². The summed E-state index contributed by atoms with van der Waals surface area (Å²) in [7, 11) is 0. The van der Waals surface area contributed by atoms with Crippen molar-refractivity contribution in [1.82, 2.24) is 5.32 Å². The molecule has 0 spiro atoms. The highest BCUT2D eigenvalue weighted by molar-refractivity contribution is 8.00. The third-order valence-corrected chi connectivity index (χ3v) is 8.46. The van der Waals surface area contributed by atoms with Gasteiger partial charge in [-0.1, -0.05) is 66.7 Å². The van der Waals surface area contributed by atoms with Crippen LogP contribution in [0.15, 0.2) is 137 Å². The number of nitrogens with one attached hydrogen (secondary N) is 3. The lowest BCUT2D eigenvalue weighted by Crippen LogP contribution is -2.30. The highest BCUT2D eigenvalue weighted by atomic mass is 32.2. The SMILES string of the molecule is CCOc1ccccc1NC(=O)C(Sc1cccc(NC(=O)/C(=C/c2ccsc2)NC(=O)c2ccccc2)c1)c1ccccc1. The number of rotatable bonds is 12. The van der Waals surface area contributed by atoms with E-state index in [0.717, 1.165) is 16.0 Å². The highest BCUT2D eigenvalue weighted by Crippen LogP contribution is 2.38. The van der Waals surface area contributed by atoms with Crippen LogP contribution in [0.3, 0.4) is 0 Å². The number of amides is 3. The lowest BCUT2D eigenvalue weighted by Gasteiger charge is -2.19. The number of benzene rings is 4. The summed E-state index contributed by atoms with van der Waals surface area (Å²) in [6, 6.07) is 34.7. The van der Waals surface area contributed by atoms with E-state index in [-0.39, 0.29) is 17.5 Å². The summed E-state index contributed by atoms with van der Waals surface area (Å²) < 4.78 is 5.70. The molecule has 0 aliphatic rings. The maximum atomic E-state index is 13.7. The number of carbonyl (C=O) groups excluding carboxylic acids is 3. The van der Waals surface area contributed by atoms with Gasteiger partial charge in [-0.15, -0.1) is 11.8 Å². The van der Waals surface area contributed by atoms with E-state index in [4.69, 9.17) is 4.74 Å². The van der Waals surface area contributed by atoms with Gasteiger partial charge in [-0.2, -0.15) is 11.3 Å². The second-order valence-electron chi connectivity index (χ2n) is 9.74. The van der Waals surface area contributed by atoms with Crippen molar-refractivity contribution in [3.63, 3.8) is 0 Å². The Balaban J connectivity index is 1.36. The normalized spacial score (nSPS) is 11.7. The molecule has 5 aromatic rings. The largest absolute Gasteiger partial charge is 0.492 e. The monoisotopic (exact) mass is 633 g/mol. The molecule has 3 N–H and O–H groups in total. The molecular weight excluding hydrogens is 603 g/mol. The van der Waals surface area contributed by atoms with Crippen molar-refractivity contribution >= 4 is 58.3 Å². The van der Waals surface area contributed by atoms with Crippen molar-refractivity contribution in [2.45, 2.75) is 17.1 Å². The summed E-state index contributed by atoms with van der Waals surface area (Å²) in [6.07, 6.45) is 1.64. The van der Waals surface area contributed by atoms with Gasteiger partial charge in [0.2, 0.25) is 5.91 Å². The second kappa shape index (κ2) is 15.6. The molecule has 5 rings (SSSR count). The summed E-state index contributed by atoms with van der Waals surface area (Å²) in [4.78, 5) is 40.9. The van der Waals surface area contributed by atoms with Gasteiger partial charge < -0.3 is 20.7 Å². The molecule has 1 heterocycles. The number of thioether (sulfide) groups is 1. The van der Waals surface area contributed by atoms with Gasteiger partial charge in [-0.3, -0.25) is 14.4 Å². The molecule has 1 unspecified atom stereocenters. The smallest absolute Gasteiger partial charge is 0.272 e. The minimum absolute atomic E-state index is 0.106. The number of carbonyl (C=O) groups is 3. The molecule has 0 saturated carbocycles. The number of ether oxygens (including phenoxy) is 1. The lowest BCUT2D eigenvalue weighted by atomic mass is 10.1. The first-order chi connectivity index (χ1) is 22.0. The Morgan fingerprint density at radius 2 is 1.58 bits per heavy atom. The van der Waals surface area contributed by atoms with Gasteiger partial charge in [0, 0.05) is 16.1 Å². The molecule has 0 saturated heterocycles. The quantitative estimate of drug-likeness (QED) is 0.0955. The molecule has 1 atom stereocenters. The van der Waals surface area contributed by atoms with Gasteiger partial charge in [-0.25, -0.2) is 0 Å². The van der Waals surface area contributed by atoms with Gasteiger partial charge in [0.05, 0.1) is 12.3 Å². The van der Waals surface area contributed by atoms with Crippen molar-refractivity contribution < 1.29 is 19.1 Å². The Morgan fingerprint density at radius 1 is 0.844 bits per heavy atom. The van der Waals surface area contributed by atoms with Crippen LogP contribution in [-0.4, -0.2) is 24.3 Å². The Labute approximate surface area is 270 Å². The molecular formula is C36H31N3O4S2. The predicted octanol–water partition coefficient (Wildman–Crippen LogP) is 8.03. The van der Waals surface area contributed by atoms with E-state index in [0.29, 0.717) is 29.3 Å². The van der Waals surface area contributed by atoms with Crippen LogP contribution in [0.5, 0.6) is 5.75 Å². The van der Waals surface area contributed by atoms with Crippen molar-refractivity contribution in [2.24, 2.45) is 0 Å². The number of thiophene rings is 1. The molecule has 3 amide bonds. The van der Waals surface area contributed by atoms with E-state index in [2.05, 4.69) is 16.0 Å². The molecule has 226 valence electrons. The van der Waals surface area contributed by atoms with Gasteiger partial charge >= 0.3 is 0 Å². The summed E-state index contributed by atoms with van der Waals surface area (Å²) in [6.45, 7) is 2.37. The third-order valence-electron chi connectivity index (χ3n) is 6.51. The Morgan fingerprint density at radius 3 is 2.31 bits per heavy atom. The van der Waals surface area contributed by atoms with Crippen LogP contribution in [0.2, 0.25) is 0 Å². The summed E-state index contributed by atoms with van der Waals surface area (Å²) in [5.41, 5.74) is 3.28. The Hall–Kier alpha value is -5.12. The third kappa shape index (κ3) is 8.72. The van der Waals surface area contributed by atoms with Crippen molar-refractivity contribution in [2.75, 3.05) is 17.2 Å². The van der Waals surface area contributed by atoms with Gasteiger partial charge in [0.1, 0.15) is 16.7 Å². The van der Waals surface area contributed by atoms with E-state index in [1.807, 2.05) is 96.5 Å². The molecule has 7 nitrogen and oxygen atoms in total. The van der Waals surface area contributed by atoms with Gasteiger partial charge in [0.15, 0.2) is 0 Å². The van der Waals surface area contributed by atoms with Gasteiger partial charge in [-0.05, 0) is 83.4 Å². The average Bonchev–Trinajstić information content (AvgIpc) is 3.58. The van der Waals surface area contributed by atoms with Crippen LogP contribution >= 0.6 is 23.1 Å². The first kappa shape index (κ1) is 31.3. The molecule has 9 heteroatoms. The summed E-state index contributed by atoms with van der Waals surface area (Å²) in [5.74, 6) is -0.477. The Kier molecular flexibility index (Phi) is 10.8. The fourth-order valence-corrected chi connectivity index (χ4v) is 6.10. The molecule has 0 aliphatic heterocycles. The minimum Gasteiger partial charge on any atom is -0.492 e. The summed E-state index contributed by atoms with van der Waals surface area (Å²) in [5, 5.41) is 11.9. The predicted molar refractivity (Wildman–Crippen MR) is 183 cm³/mol. The van der Waals surface area contributed by atoms with Crippen molar-refractivity contribution in [3.05, 3.63) is 148 Å². The first-order valence-electron chi connectivity index (χ1n) is 14.3. The van der Waals surface area contributed by atoms with E-state index >= 15 is 0 Å². The van der Waals surface area contributed by atoms with Crippen LogP contribution < -0.4 is 20.7 Å². The standard InChI is InChI=1S/C36H31N3O4S2/c1-2-43-32-19-10-9-18-30(32)38-36(42)33(26-12-5-3-6-13-26)45-29-17-11-16-28(23-29)37-35(41)31(22-25-20-21-44-24-25)39-34(40)27-14-7-4-8-15-27/h3-24,33H,2H2,1H3,(H,37,41)(H,38,42)(H,39,40)/b31-22-. The Bertz CT molecular complexity index is 1770. The minimum atomic E-state index is -0.592. The highest BCUT2D eigenvalue weighted by Gasteiger charge is 2.24. The van der Waals surface area contributed by atoms with Crippen LogP contribution in [0, 0.1) is 0 Å². The zero-order valence-corrected chi connectivity index (χ0v) is 26.1. The number of para-hydroxylation sites is 2. The van der Waals surface area contributed by atoms with E-state index in [1.165, 1.54) is 23.1 Å². The van der Waals surface area contributed by atoms with Gasteiger partial charge in [0.25, 0.3) is 11.8 Å². The fraction of sp³-hybridized carbons (Fsp3) is 0.0833. The topological polar surface area (TPSA) is 96.5 Å². The van der Waals surface area contributed by atoms with E-state index in [9.17, 15) is 14.4 Å². The maximum absolute atomic E-state index is 13.7. The van der Waals surface area contributed by atoms with Crippen LogP contribution in [0.4, 0.5) is 11.4 Å². The van der Waals surface area contributed by atoms with E-state index < -0.39 is 11.2 Å². The molecule has 0 bridgehead atoms. The molecule has 0 fully saturated rings. The molecule has 1 aromatic heterocycles. The number of hydrogen-bond acceptors (Lipinski definition) is 6. The van der Waals surface area contributed by atoms with Crippen LogP contribution in [-0.2, 0) is 9.59 Å². The lowest BCUT2D eigenvalue weighted by molar-refractivity contribution is -0.116. The molecule has 45 heavy (non-hydrogen) atoms. The van der Waals surface area contributed by atoms with Crippen molar-refractivity contribution in [3.8, 4) is 5.75 Å². The maximum Gasteiger partial charge on any atom is 0.272 e. The summed E-state index contributed by atoms with van der Waals surface area (Å²) >= 11 is 2.86. The zero-order valence-electron chi connectivity index (χ0n) is 24.4. The van der Waals surface area contributed by atoms with Crippen molar-refractivity contribution in [1.29, 1.82) is 0 Å². The zero-order chi connectivity index (χ0) is 31.4. The van der Waals surface area contributed by atoms with Crippen LogP contribution in [0.25, 0.3) is 6.08 Å².